The summed E-state index contributed by atoms with van der Waals surface area (Å²) in [6.07, 6.45) is 2.86. The topological polar surface area (TPSA) is 87.7 Å². The molecule has 136 valence electrons. The second-order valence-corrected chi connectivity index (χ2v) is 6.44. The summed E-state index contributed by atoms with van der Waals surface area (Å²) in [4.78, 5) is 37.5. The molecular weight excluding hydrogens is 330 g/mol. The number of ether oxygens (including phenoxy) is 1. The standard InChI is InChI=1S/C16H27N3O4S/c1-4-5-6-7-13(20)18-16(24)19-9-8-17-15(22)12(19)10-14(21)23-11(2)3/h11-12H,4-10H2,1-3H3,(H,17,22)(H,18,20,24). The fourth-order valence-corrected chi connectivity index (χ4v) is 2.75. The minimum atomic E-state index is -0.756. The Morgan fingerprint density at radius 3 is 2.75 bits per heavy atom. The first-order chi connectivity index (χ1) is 11.3. The zero-order valence-electron chi connectivity index (χ0n) is 14.6. The fourth-order valence-electron chi connectivity index (χ4n) is 2.42. The molecule has 0 radical (unpaired) electrons. The van der Waals surface area contributed by atoms with Crippen LogP contribution in [-0.2, 0) is 19.1 Å². The van der Waals surface area contributed by atoms with Crippen molar-refractivity contribution in [3.63, 3.8) is 0 Å². The van der Waals surface area contributed by atoms with Crippen LogP contribution in [-0.4, -0.2) is 53.0 Å². The van der Waals surface area contributed by atoms with Crippen molar-refractivity contribution in [2.45, 2.75) is 65.0 Å². The van der Waals surface area contributed by atoms with E-state index in [9.17, 15) is 14.4 Å². The monoisotopic (exact) mass is 357 g/mol. The first kappa shape index (κ1) is 20.3. The first-order valence-electron chi connectivity index (χ1n) is 8.42. The lowest BCUT2D eigenvalue weighted by molar-refractivity contribution is -0.150. The molecule has 1 rings (SSSR count). The molecule has 2 N–H and O–H groups in total. The molecule has 7 nitrogen and oxygen atoms in total. The van der Waals surface area contributed by atoms with Gasteiger partial charge in [-0.25, -0.2) is 0 Å². The van der Waals surface area contributed by atoms with Gasteiger partial charge in [-0.2, -0.15) is 0 Å². The molecule has 0 spiro atoms. The van der Waals surface area contributed by atoms with Gasteiger partial charge in [-0.15, -0.1) is 0 Å². The Morgan fingerprint density at radius 2 is 2.12 bits per heavy atom. The van der Waals surface area contributed by atoms with E-state index in [0.29, 0.717) is 19.5 Å². The van der Waals surface area contributed by atoms with E-state index in [1.54, 1.807) is 18.7 Å². The average Bonchev–Trinajstić information content (AvgIpc) is 2.48. The van der Waals surface area contributed by atoms with Crippen LogP contribution in [0.3, 0.4) is 0 Å². The van der Waals surface area contributed by atoms with E-state index in [0.717, 1.165) is 19.3 Å². The van der Waals surface area contributed by atoms with Crippen LogP contribution in [0.15, 0.2) is 0 Å². The normalized spacial score (nSPS) is 17.4. The van der Waals surface area contributed by atoms with Gasteiger partial charge >= 0.3 is 5.97 Å². The summed E-state index contributed by atoms with van der Waals surface area (Å²) >= 11 is 5.26. The van der Waals surface area contributed by atoms with Gasteiger partial charge in [-0.05, 0) is 32.5 Å². The summed E-state index contributed by atoms with van der Waals surface area (Å²) in [5, 5.41) is 5.56. The minimum Gasteiger partial charge on any atom is -0.463 e. The average molecular weight is 357 g/mol. The maximum atomic E-state index is 12.1. The van der Waals surface area contributed by atoms with Gasteiger partial charge in [0.2, 0.25) is 11.8 Å². The molecule has 1 heterocycles. The van der Waals surface area contributed by atoms with E-state index in [-0.39, 0.29) is 29.5 Å². The summed E-state index contributed by atoms with van der Waals surface area (Å²) in [7, 11) is 0. The number of thiocarbonyl (C=S) groups is 1. The van der Waals surface area contributed by atoms with Crippen LogP contribution in [0.25, 0.3) is 0 Å². The number of rotatable bonds is 7. The third-order valence-corrected chi connectivity index (χ3v) is 3.91. The van der Waals surface area contributed by atoms with Gasteiger partial charge in [0.25, 0.3) is 0 Å². The number of esters is 1. The van der Waals surface area contributed by atoms with E-state index < -0.39 is 12.0 Å². The van der Waals surface area contributed by atoms with Crippen LogP contribution >= 0.6 is 12.2 Å². The van der Waals surface area contributed by atoms with Gasteiger partial charge in [-0.3, -0.25) is 14.4 Å². The van der Waals surface area contributed by atoms with E-state index in [4.69, 9.17) is 17.0 Å². The maximum absolute atomic E-state index is 12.1. The number of nitrogens with one attached hydrogen (secondary N) is 2. The predicted octanol–water partition coefficient (Wildman–Crippen LogP) is 1.11. The van der Waals surface area contributed by atoms with Crippen molar-refractivity contribution in [1.29, 1.82) is 0 Å². The summed E-state index contributed by atoms with van der Waals surface area (Å²) in [5.41, 5.74) is 0. The lowest BCUT2D eigenvalue weighted by Gasteiger charge is -2.36. The number of piperazine rings is 1. The smallest absolute Gasteiger partial charge is 0.308 e. The van der Waals surface area contributed by atoms with Gasteiger partial charge < -0.3 is 20.3 Å². The molecule has 0 saturated carbocycles. The van der Waals surface area contributed by atoms with Crippen LogP contribution in [0.2, 0.25) is 0 Å². The van der Waals surface area contributed by atoms with Crippen LogP contribution in [0, 0.1) is 0 Å². The highest BCUT2D eigenvalue weighted by Gasteiger charge is 2.34. The number of amides is 2. The zero-order chi connectivity index (χ0) is 18.1. The summed E-state index contributed by atoms with van der Waals surface area (Å²) in [6.45, 7) is 6.42. The Hall–Kier alpha value is -1.70. The third-order valence-electron chi connectivity index (χ3n) is 3.57. The van der Waals surface area contributed by atoms with Gasteiger partial charge in [-0.1, -0.05) is 19.8 Å². The minimum absolute atomic E-state index is 0.101. The number of carbonyl (C=O) groups is 3. The highest BCUT2D eigenvalue weighted by Crippen LogP contribution is 2.11. The molecule has 1 saturated heterocycles. The fraction of sp³-hybridized carbons (Fsp3) is 0.750. The van der Waals surface area contributed by atoms with Crippen molar-refractivity contribution in [2.24, 2.45) is 0 Å². The molecule has 1 aliphatic heterocycles. The molecule has 8 heteroatoms. The van der Waals surface area contributed by atoms with Crippen molar-refractivity contribution < 1.29 is 19.1 Å². The molecule has 24 heavy (non-hydrogen) atoms. The highest BCUT2D eigenvalue weighted by atomic mass is 32.1. The lowest BCUT2D eigenvalue weighted by Crippen LogP contribution is -2.60. The van der Waals surface area contributed by atoms with Crippen molar-refractivity contribution in [1.82, 2.24) is 15.5 Å². The van der Waals surface area contributed by atoms with Gasteiger partial charge in [0.1, 0.15) is 6.04 Å². The van der Waals surface area contributed by atoms with Crippen LogP contribution in [0.4, 0.5) is 0 Å². The van der Waals surface area contributed by atoms with E-state index in [2.05, 4.69) is 17.6 Å². The van der Waals surface area contributed by atoms with Crippen molar-refractivity contribution in [2.75, 3.05) is 13.1 Å². The Balaban J connectivity index is 2.63. The van der Waals surface area contributed by atoms with Crippen molar-refractivity contribution in [3.8, 4) is 0 Å². The Labute approximate surface area is 148 Å². The number of hydrogen-bond donors (Lipinski definition) is 2. The second-order valence-electron chi connectivity index (χ2n) is 6.05. The van der Waals surface area contributed by atoms with Gasteiger partial charge in [0, 0.05) is 19.5 Å². The van der Waals surface area contributed by atoms with Crippen LogP contribution in [0.5, 0.6) is 0 Å². The number of hydrogen-bond acceptors (Lipinski definition) is 5. The van der Waals surface area contributed by atoms with E-state index in [1.165, 1.54) is 0 Å². The van der Waals surface area contributed by atoms with Gasteiger partial charge in [0.15, 0.2) is 5.11 Å². The molecule has 1 aliphatic rings. The zero-order valence-corrected chi connectivity index (χ0v) is 15.4. The van der Waals surface area contributed by atoms with Crippen molar-refractivity contribution >= 4 is 35.1 Å². The molecule has 1 fully saturated rings. The largest absolute Gasteiger partial charge is 0.463 e. The number of unbranched alkanes of at least 4 members (excludes halogenated alkanes) is 2. The highest BCUT2D eigenvalue weighted by molar-refractivity contribution is 7.80. The molecule has 2 amide bonds. The number of carbonyl (C=O) groups excluding carboxylic acids is 3. The molecule has 0 aliphatic carbocycles. The summed E-state index contributed by atoms with van der Waals surface area (Å²) in [6, 6.07) is -0.756. The Bertz CT molecular complexity index is 482. The van der Waals surface area contributed by atoms with Crippen molar-refractivity contribution in [3.05, 3.63) is 0 Å². The summed E-state index contributed by atoms with van der Waals surface area (Å²) in [5.74, 6) is -0.915. The second kappa shape index (κ2) is 10.2. The predicted molar refractivity (Wildman–Crippen MR) is 94.2 cm³/mol. The molecule has 1 atom stereocenters. The molecule has 0 aromatic rings. The van der Waals surface area contributed by atoms with E-state index in [1.807, 2.05) is 0 Å². The molecule has 1 unspecified atom stereocenters. The molecule has 0 aromatic heterocycles. The van der Waals surface area contributed by atoms with Crippen LogP contribution in [0.1, 0.15) is 52.9 Å². The quantitative estimate of drug-likeness (QED) is 0.403. The lowest BCUT2D eigenvalue weighted by atomic mass is 10.1. The number of nitrogens with zero attached hydrogens (tertiary/aromatic N) is 1. The van der Waals surface area contributed by atoms with Gasteiger partial charge in [0.05, 0.1) is 12.5 Å². The maximum Gasteiger partial charge on any atom is 0.308 e. The third kappa shape index (κ3) is 6.82. The molecule has 0 bridgehead atoms. The van der Waals surface area contributed by atoms with E-state index >= 15 is 0 Å². The van der Waals surface area contributed by atoms with Crippen LogP contribution < -0.4 is 10.6 Å². The first-order valence-corrected chi connectivity index (χ1v) is 8.83. The SMILES string of the molecule is CCCCCC(=O)NC(=S)N1CCNC(=O)C1CC(=O)OC(C)C. The summed E-state index contributed by atoms with van der Waals surface area (Å²) < 4.78 is 5.10. The Kier molecular flexibility index (Phi) is 8.67. The Morgan fingerprint density at radius 1 is 1.42 bits per heavy atom. The molecular formula is C16H27N3O4S. The molecule has 0 aromatic carbocycles.